The highest BCUT2D eigenvalue weighted by Gasteiger charge is 2.09. The third kappa shape index (κ3) is 3.01. The van der Waals surface area contributed by atoms with Crippen molar-refractivity contribution < 1.29 is 9.18 Å². The number of benzene rings is 2. The Kier molecular flexibility index (Phi) is 4.11. The summed E-state index contributed by atoms with van der Waals surface area (Å²) >= 11 is 0. The molecule has 1 N–H and O–H groups in total. The Morgan fingerprint density at radius 1 is 1.30 bits per heavy atom. The Bertz CT molecular complexity index is 689. The maximum atomic E-state index is 13.1. The quantitative estimate of drug-likeness (QED) is 0.865. The highest BCUT2D eigenvalue weighted by atomic mass is 19.1. The molecule has 2 aromatic carbocycles. The van der Waals surface area contributed by atoms with Crippen molar-refractivity contribution in [2.45, 2.75) is 6.92 Å². The van der Waals surface area contributed by atoms with E-state index in [1.165, 1.54) is 18.2 Å². The van der Waals surface area contributed by atoms with E-state index in [0.717, 1.165) is 0 Å². The van der Waals surface area contributed by atoms with Crippen LogP contribution >= 0.6 is 0 Å². The van der Waals surface area contributed by atoms with E-state index < -0.39 is 0 Å². The summed E-state index contributed by atoms with van der Waals surface area (Å²) in [5.41, 5.74) is 1.98. The molecule has 0 bridgehead atoms. The molecule has 0 aliphatic rings. The topological polar surface area (TPSA) is 52.9 Å². The van der Waals surface area contributed by atoms with Gasteiger partial charge in [0, 0.05) is 5.56 Å². The van der Waals surface area contributed by atoms with Gasteiger partial charge in [-0.3, -0.25) is 4.79 Å². The van der Waals surface area contributed by atoms with Crippen molar-refractivity contribution in [3.8, 4) is 6.07 Å². The summed E-state index contributed by atoms with van der Waals surface area (Å²) in [4.78, 5) is 12.0. The molecule has 0 unspecified atom stereocenters. The van der Waals surface area contributed by atoms with Gasteiger partial charge in [0.05, 0.1) is 17.8 Å². The number of hydrogen-bond acceptors (Lipinski definition) is 3. The number of ketones is 1. The van der Waals surface area contributed by atoms with Crippen LogP contribution in [0.1, 0.15) is 21.5 Å². The normalized spacial score (nSPS) is 9.85. The Morgan fingerprint density at radius 2 is 2.05 bits per heavy atom. The molecular formula is C16H13FN2O. The van der Waals surface area contributed by atoms with Gasteiger partial charge in [-0.05, 0) is 42.8 Å². The molecule has 3 nitrogen and oxygen atoms in total. The van der Waals surface area contributed by atoms with Crippen LogP contribution in [-0.2, 0) is 0 Å². The maximum Gasteiger partial charge on any atom is 0.181 e. The average molecular weight is 268 g/mol. The second-order valence-electron chi connectivity index (χ2n) is 4.40. The molecule has 20 heavy (non-hydrogen) atoms. The molecule has 0 heterocycles. The lowest BCUT2D eigenvalue weighted by Gasteiger charge is -2.08. The van der Waals surface area contributed by atoms with E-state index in [0.29, 0.717) is 22.4 Å². The van der Waals surface area contributed by atoms with Gasteiger partial charge in [0.15, 0.2) is 5.78 Å². The Balaban J connectivity index is 2.09. The predicted octanol–water partition coefficient (Wildman–Crippen LogP) is 3.30. The van der Waals surface area contributed by atoms with Crippen LogP contribution in [0.25, 0.3) is 0 Å². The van der Waals surface area contributed by atoms with Gasteiger partial charge in [-0.15, -0.1) is 0 Å². The van der Waals surface area contributed by atoms with Crippen molar-refractivity contribution in [2.24, 2.45) is 0 Å². The number of nitrogens with one attached hydrogen (secondary N) is 1. The summed E-state index contributed by atoms with van der Waals surface area (Å²) in [6.45, 7) is 1.67. The first-order chi connectivity index (χ1) is 9.61. The third-order valence-corrected chi connectivity index (χ3v) is 2.97. The first-order valence-electron chi connectivity index (χ1n) is 6.14. The molecule has 0 saturated heterocycles. The van der Waals surface area contributed by atoms with E-state index in [1.807, 2.05) is 0 Å². The fraction of sp³-hybridized carbons (Fsp3) is 0.125. The van der Waals surface area contributed by atoms with Crippen LogP contribution in [0.2, 0.25) is 0 Å². The Labute approximate surface area is 116 Å². The lowest BCUT2D eigenvalue weighted by atomic mass is 10.1. The number of hydrogen-bond donors (Lipinski definition) is 1. The molecule has 0 aliphatic heterocycles. The summed E-state index contributed by atoms with van der Waals surface area (Å²) < 4.78 is 13.1. The van der Waals surface area contributed by atoms with E-state index in [2.05, 4.69) is 11.4 Å². The van der Waals surface area contributed by atoms with Gasteiger partial charge < -0.3 is 5.32 Å². The van der Waals surface area contributed by atoms with Gasteiger partial charge in [0.25, 0.3) is 0 Å². The standard InChI is InChI=1S/C16H13FN2O/c1-11-8-12(6-7-14(11)17)16(20)10-19-15-5-3-2-4-13(15)9-18/h2-8,19H,10H2,1H3. The number of halogens is 1. The number of para-hydroxylation sites is 1. The van der Waals surface area contributed by atoms with Crippen molar-refractivity contribution in [2.75, 3.05) is 11.9 Å². The molecule has 0 saturated carbocycles. The van der Waals surface area contributed by atoms with Crippen LogP contribution in [0.15, 0.2) is 42.5 Å². The molecule has 0 atom stereocenters. The number of nitriles is 1. The zero-order valence-electron chi connectivity index (χ0n) is 11.0. The van der Waals surface area contributed by atoms with Crippen molar-refractivity contribution in [1.82, 2.24) is 0 Å². The summed E-state index contributed by atoms with van der Waals surface area (Å²) in [5, 5.41) is 11.9. The second-order valence-corrected chi connectivity index (χ2v) is 4.40. The number of carbonyl (C=O) groups is 1. The van der Waals surface area contributed by atoms with E-state index in [9.17, 15) is 9.18 Å². The summed E-state index contributed by atoms with van der Waals surface area (Å²) in [7, 11) is 0. The monoisotopic (exact) mass is 268 g/mol. The van der Waals surface area contributed by atoms with Crippen LogP contribution < -0.4 is 5.32 Å². The highest BCUT2D eigenvalue weighted by Crippen LogP contribution is 2.14. The van der Waals surface area contributed by atoms with Gasteiger partial charge >= 0.3 is 0 Å². The minimum Gasteiger partial charge on any atom is -0.377 e. The van der Waals surface area contributed by atoms with Crippen molar-refractivity contribution in [3.05, 3.63) is 65.0 Å². The number of carbonyl (C=O) groups excluding carboxylic acids is 1. The molecule has 2 aromatic rings. The fourth-order valence-corrected chi connectivity index (χ4v) is 1.83. The number of rotatable bonds is 4. The van der Waals surface area contributed by atoms with E-state index in [-0.39, 0.29) is 18.1 Å². The lowest BCUT2D eigenvalue weighted by molar-refractivity contribution is 0.101. The van der Waals surface area contributed by atoms with Gasteiger partial charge in [0.1, 0.15) is 11.9 Å². The molecule has 0 aliphatic carbocycles. The zero-order valence-corrected chi connectivity index (χ0v) is 11.0. The van der Waals surface area contributed by atoms with Crippen molar-refractivity contribution in [3.63, 3.8) is 0 Å². The highest BCUT2D eigenvalue weighted by molar-refractivity contribution is 5.99. The second kappa shape index (κ2) is 5.98. The first kappa shape index (κ1) is 13.8. The van der Waals surface area contributed by atoms with Gasteiger partial charge in [-0.1, -0.05) is 12.1 Å². The maximum absolute atomic E-state index is 13.1. The molecule has 0 aromatic heterocycles. The molecule has 100 valence electrons. The average Bonchev–Trinajstić information content (AvgIpc) is 2.47. The smallest absolute Gasteiger partial charge is 0.181 e. The number of nitrogens with zero attached hydrogens (tertiary/aromatic N) is 1. The molecule has 0 radical (unpaired) electrons. The SMILES string of the molecule is Cc1cc(C(=O)CNc2ccccc2C#N)ccc1F. The summed E-state index contributed by atoms with van der Waals surface area (Å²) in [5.74, 6) is -0.481. The zero-order chi connectivity index (χ0) is 14.5. The molecule has 4 heteroatoms. The number of anilines is 1. The van der Waals surface area contributed by atoms with Gasteiger partial charge in [-0.25, -0.2) is 4.39 Å². The van der Waals surface area contributed by atoms with E-state index in [1.54, 1.807) is 31.2 Å². The van der Waals surface area contributed by atoms with Gasteiger partial charge in [-0.2, -0.15) is 5.26 Å². The van der Waals surface area contributed by atoms with Crippen LogP contribution in [0.3, 0.4) is 0 Å². The fourth-order valence-electron chi connectivity index (χ4n) is 1.83. The molecule has 2 rings (SSSR count). The van der Waals surface area contributed by atoms with Crippen LogP contribution in [-0.4, -0.2) is 12.3 Å². The molecule has 0 amide bonds. The summed E-state index contributed by atoms with van der Waals surface area (Å²) in [6, 6.07) is 13.3. The predicted molar refractivity (Wildman–Crippen MR) is 75.1 cm³/mol. The number of Topliss-reactive ketones (excluding diaryl/α,β-unsaturated/α-hetero) is 1. The van der Waals surface area contributed by atoms with Crippen molar-refractivity contribution in [1.29, 1.82) is 5.26 Å². The molecular weight excluding hydrogens is 255 g/mol. The minimum atomic E-state index is -0.329. The van der Waals surface area contributed by atoms with Crippen molar-refractivity contribution >= 4 is 11.5 Å². The molecule has 0 fully saturated rings. The largest absolute Gasteiger partial charge is 0.377 e. The van der Waals surface area contributed by atoms with Gasteiger partial charge in [0.2, 0.25) is 0 Å². The van der Waals surface area contributed by atoms with E-state index >= 15 is 0 Å². The van der Waals surface area contributed by atoms with E-state index in [4.69, 9.17) is 5.26 Å². The molecule has 0 spiro atoms. The van der Waals surface area contributed by atoms with Crippen LogP contribution in [0.4, 0.5) is 10.1 Å². The Hall–Kier alpha value is -2.67. The first-order valence-corrected chi connectivity index (χ1v) is 6.14. The minimum absolute atomic E-state index is 0.0593. The number of aryl methyl sites for hydroxylation is 1. The van der Waals surface area contributed by atoms with Crippen LogP contribution in [0.5, 0.6) is 0 Å². The Morgan fingerprint density at radius 3 is 2.75 bits per heavy atom. The summed E-state index contributed by atoms with van der Waals surface area (Å²) in [6.07, 6.45) is 0. The third-order valence-electron chi connectivity index (χ3n) is 2.97. The lowest BCUT2D eigenvalue weighted by Crippen LogP contribution is -2.15. The van der Waals surface area contributed by atoms with Crippen LogP contribution in [0, 0.1) is 24.1 Å².